The number of hydrogen-bond donors (Lipinski definition) is 2. The van der Waals surface area contributed by atoms with Gasteiger partial charge in [-0.2, -0.15) is 0 Å². The number of nitrogens with zero attached hydrogens (tertiary/aromatic N) is 1. The van der Waals surface area contributed by atoms with Gasteiger partial charge in [0.2, 0.25) is 0 Å². The quantitative estimate of drug-likeness (QED) is 0.509. The van der Waals surface area contributed by atoms with E-state index in [9.17, 15) is 0 Å². The summed E-state index contributed by atoms with van der Waals surface area (Å²) in [6.07, 6.45) is 3.43. The van der Waals surface area contributed by atoms with Gasteiger partial charge in [-0.1, -0.05) is 29.3 Å². The fourth-order valence-corrected chi connectivity index (χ4v) is 2.99. The van der Waals surface area contributed by atoms with E-state index in [2.05, 4.69) is 37.0 Å². The molecular formula is C15H17N3S. The predicted molar refractivity (Wildman–Crippen MR) is 80.7 cm³/mol. The molecule has 0 aliphatic carbocycles. The smallest absolute Gasteiger partial charge is 0.124 e. The molecule has 0 spiro atoms. The lowest BCUT2D eigenvalue weighted by Crippen LogP contribution is -2.12. The highest BCUT2D eigenvalue weighted by Crippen LogP contribution is 2.26. The highest BCUT2D eigenvalue weighted by molar-refractivity contribution is 7.98. The number of thioether (sulfide) groups is 1. The molecule has 0 fully saturated rings. The van der Waals surface area contributed by atoms with E-state index >= 15 is 0 Å². The minimum Gasteiger partial charge on any atom is -0.384 e. The van der Waals surface area contributed by atoms with Crippen molar-refractivity contribution in [2.45, 2.75) is 24.5 Å². The average molecular weight is 271 g/mol. The molecule has 4 heteroatoms. The Morgan fingerprint density at radius 1 is 1.26 bits per heavy atom. The number of pyridine rings is 1. The first-order valence-electron chi connectivity index (χ1n) is 6.04. The van der Waals surface area contributed by atoms with Crippen molar-refractivity contribution in [3.63, 3.8) is 0 Å². The molecule has 19 heavy (non-hydrogen) atoms. The Labute approximate surface area is 117 Å². The first-order valence-corrected chi connectivity index (χ1v) is 7.03. The van der Waals surface area contributed by atoms with Gasteiger partial charge in [-0.3, -0.25) is 10.4 Å². The van der Waals surface area contributed by atoms with Crippen LogP contribution in [0.4, 0.5) is 0 Å². The van der Waals surface area contributed by atoms with E-state index in [1.165, 1.54) is 16.7 Å². The molecule has 2 rings (SSSR count). The van der Waals surface area contributed by atoms with Crippen molar-refractivity contribution in [3.05, 3.63) is 58.9 Å². The lowest BCUT2D eigenvalue weighted by molar-refractivity contribution is 1.20. The number of amidine groups is 1. The topological polar surface area (TPSA) is 62.8 Å². The van der Waals surface area contributed by atoms with Crippen LogP contribution in [0.3, 0.4) is 0 Å². The molecule has 0 unspecified atom stereocenters. The van der Waals surface area contributed by atoms with Crippen molar-refractivity contribution in [1.29, 1.82) is 5.41 Å². The van der Waals surface area contributed by atoms with Crippen molar-refractivity contribution in [3.8, 4) is 0 Å². The third-order valence-corrected chi connectivity index (χ3v) is 3.86. The summed E-state index contributed by atoms with van der Waals surface area (Å²) in [5, 5.41) is 7.56. The van der Waals surface area contributed by atoms with Crippen LogP contribution in [0.15, 0.2) is 41.6 Å². The zero-order chi connectivity index (χ0) is 13.8. The Morgan fingerprint density at radius 3 is 2.58 bits per heavy atom. The summed E-state index contributed by atoms with van der Waals surface area (Å²) < 4.78 is 0. The molecule has 3 N–H and O–H groups in total. The van der Waals surface area contributed by atoms with Crippen LogP contribution in [-0.4, -0.2) is 10.8 Å². The molecule has 0 bridgehead atoms. The van der Waals surface area contributed by atoms with Crippen LogP contribution in [-0.2, 0) is 5.75 Å². The minimum atomic E-state index is 0.0883. The summed E-state index contributed by atoms with van der Waals surface area (Å²) in [7, 11) is 0. The van der Waals surface area contributed by atoms with E-state index in [1.54, 1.807) is 30.2 Å². The number of rotatable bonds is 4. The van der Waals surface area contributed by atoms with Gasteiger partial charge in [0.25, 0.3) is 0 Å². The second-order valence-corrected chi connectivity index (χ2v) is 5.59. The molecule has 98 valence electrons. The normalized spacial score (nSPS) is 10.4. The predicted octanol–water partition coefficient (Wildman–Crippen LogP) is 3.27. The molecule has 1 aromatic heterocycles. The molecule has 1 heterocycles. The molecule has 2 aromatic rings. The zero-order valence-electron chi connectivity index (χ0n) is 11.1. The fourth-order valence-electron chi connectivity index (χ4n) is 2.03. The van der Waals surface area contributed by atoms with Crippen molar-refractivity contribution in [2.24, 2.45) is 5.73 Å². The third-order valence-electron chi connectivity index (χ3n) is 2.75. The number of nitrogen functional groups attached to an aromatic ring is 1. The van der Waals surface area contributed by atoms with Crippen LogP contribution in [0.1, 0.15) is 22.3 Å². The van der Waals surface area contributed by atoms with Gasteiger partial charge in [0, 0.05) is 28.6 Å². The van der Waals surface area contributed by atoms with Crippen LogP contribution in [0, 0.1) is 19.3 Å². The molecule has 0 saturated carbocycles. The molecule has 0 aliphatic rings. The van der Waals surface area contributed by atoms with Gasteiger partial charge in [0.05, 0.1) is 0 Å². The first-order chi connectivity index (χ1) is 9.06. The van der Waals surface area contributed by atoms with Crippen molar-refractivity contribution >= 4 is 17.6 Å². The summed E-state index contributed by atoms with van der Waals surface area (Å²) in [5.74, 6) is 0.944. The molecule has 0 atom stereocenters. The lowest BCUT2D eigenvalue weighted by atomic mass is 10.1. The largest absolute Gasteiger partial charge is 0.384 e. The maximum atomic E-state index is 7.56. The molecule has 3 nitrogen and oxygen atoms in total. The Balaban J connectivity index is 2.16. The van der Waals surface area contributed by atoms with E-state index < -0.39 is 0 Å². The van der Waals surface area contributed by atoms with Crippen molar-refractivity contribution < 1.29 is 0 Å². The summed E-state index contributed by atoms with van der Waals surface area (Å²) in [4.78, 5) is 5.05. The van der Waals surface area contributed by atoms with Gasteiger partial charge >= 0.3 is 0 Å². The SMILES string of the molecule is Cc1cc(C)cc(CSc2cnccc2C(=N)N)c1. The van der Waals surface area contributed by atoms with Crippen LogP contribution in [0.25, 0.3) is 0 Å². The number of hydrogen-bond acceptors (Lipinski definition) is 3. The summed E-state index contributed by atoms with van der Waals surface area (Å²) >= 11 is 1.66. The van der Waals surface area contributed by atoms with Crippen LogP contribution in [0.2, 0.25) is 0 Å². The number of nitrogens with two attached hydrogens (primary N) is 1. The number of aromatic nitrogens is 1. The fraction of sp³-hybridized carbons (Fsp3) is 0.200. The van der Waals surface area contributed by atoms with Crippen LogP contribution >= 0.6 is 11.8 Å². The van der Waals surface area contributed by atoms with E-state index in [-0.39, 0.29) is 5.84 Å². The van der Waals surface area contributed by atoms with E-state index in [0.29, 0.717) is 0 Å². The molecule has 0 saturated heterocycles. The Kier molecular flexibility index (Phi) is 4.22. The standard InChI is InChI=1S/C15H17N3S/c1-10-5-11(2)7-12(6-10)9-19-14-8-18-4-3-13(14)15(16)17/h3-8H,9H2,1-2H3,(H3,16,17). The zero-order valence-corrected chi connectivity index (χ0v) is 11.9. The second kappa shape index (κ2) is 5.89. The van der Waals surface area contributed by atoms with Crippen LogP contribution in [0.5, 0.6) is 0 Å². The maximum absolute atomic E-state index is 7.56. The Hall–Kier alpha value is -1.81. The maximum Gasteiger partial charge on any atom is 0.124 e. The van der Waals surface area contributed by atoms with Gasteiger partial charge in [-0.25, -0.2) is 0 Å². The first kappa shape index (κ1) is 13.6. The number of nitrogens with one attached hydrogen (secondary N) is 1. The highest BCUT2D eigenvalue weighted by Gasteiger charge is 2.06. The molecule has 0 radical (unpaired) electrons. The van der Waals surface area contributed by atoms with Gasteiger partial charge in [0.1, 0.15) is 5.84 Å². The number of benzene rings is 1. The molecule has 0 amide bonds. The van der Waals surface area contributed by atoms with Gasteiger partial charge in [0.15, 0.2) is 0 Å². The Bertz CT molecular complexity index is 588. The van der Waals surface area contributed by atoms with Crippen molar-refractivity contribution in [1.82, 2.24) is 4.98 Å². The molecular weight excluding hydrogens is 254 g/mol. The highest BCUT2D eigenvalue weighted by atomic mass is 32.2. The van der Waals surface area contributed by atoms with Crippen LogP contribution < -0.4 is 5.73 Å². The second-order valence-electron chi connectivity index (χ2n) is 4.57. The Morgan fingerprint density at radius 2 is 1.95 bits per heavy atom. The summed E-state index contributed by atoms with van der Waals surface area (Å²) in [5.41, 5.74) is 10.2. The monoisotopic (exact) mass is 271 g/mol. The molecule has 0 aliphatic heterocycles. The van der Waals surface area contributed by atoms with Gasteiger partial charge in [-0.15, -0.1) is 11.8 Å². The number of aryl methyl sites for hydroxylation is 2. The van der Waals surface area contributed by atoms with Crippen molar-refractivity contribution in [2.75, 3.05) is 0 Å². The summed E-state index contributed by atoms with van der Waals surface area (Å²) in [6, 6.07) is 8.32. The average Bonchev–Trinajstić information content (AvgIpc) is 2.35. The van der Waals surface area contributed by atoms with E-state index in [0.717, 1.165) is 16.2 Å². The van der Waals surface area contributed by atoms with E-state index in [1.807, 2.05) is 0 Å². The van der Waals surface area contributed by atoms with Gasteiger partial charge in [-0.05, 0) is 25.5 Å². The molecule has 1 aromatic carbocycles. The third kappa shape index (κ3) is 3.58. The lowest BCUT2D eigenvalue weighted by Gasteiger charge is -2.08. The summed E-state index contributed by atoms with van der Waals surface area (Å²) in [6.45, 7) is 4.21. The van der Waals surface area contributed by atoms with Gasteiger partial charge < -0.3 is 5.73 Å². The minimum absolute atomic E-state index is 0.0883. The van der Waals surface area contributed by atoms with E-state index in [4.69, 9.17) is 11.1 Å².